The molecule has 0 spiro atoms. The minimum Gasteiger partial charge on any atom is -0.457 e. The molecular formula is C106H134N2O30S2Si2. The van der Waals surface area contributed by atoms with Crippen LogP contribution in [0.1, 0.15) is 207 Å². The molecule has 3 aliphatic heterocycles. The van der Waals surface area contributed by atoms with E-state index in [9.17, 15) is 63.3 Å². The highest BCUT2D eigenvalue weighted by molar-refractivity contribution is 7.10. The fourth-order valence-corrected chi connectivity index (χ4v) is 28.8. The number of carbonyl (C=O) groups excluding carboxylic acids is 12. The van der Waals surface area contributed by atoms with Crippen molar-refractivity contribution in [2.24, 2.45) is 45.3 Å². The van der Waals surface area contributed by atoms with Crippen LogP contribution in [0.2, 0.25) is 26.2 Å². The number of ketones is 2. The molecule has 4 aromatic carbocycles. The van der Waals surface area contributed by atoms with E-state index < -0.39 is 229 Å². The number of aliphatic hydroxyl groups excluding tert-OH is 1. The number of nitrogens with one attached hydrogen (secondary N) is 1. The summed E-state index contributed by atoms with van der Waals surface area (Å²) in [6.45, 7) is 40.1. The highest BCUT2D eigenvalue weighted by Gasteiger charge is 2.82. The number of benzene rings is 4. The van der Waals surface area contributed by atoms with E-state index in [4.69, 9.17) is 70.4 Å². The van der Waals surface area contributed by atoms with Crippen molar-refractivity contribution in [1.29, 1.82) is 0 Å². The molecular weight excluding hydrogens is 1900 g/mol. The van der Waals surface area contributed by atoms with Gasteiger partial charge in [-0.3, -0.25) is 28.8 Å². The average molecular weight is 2040 g/mol. The summed E-state index contributed by atoms with van der Waals surface area (Å²) in [6.07, 6.45) is -17.7. The van der Waals surface area contributed by atoms with E-state index in [0.29, 0.717) is 10.5 Å². The topological polar surface area (TPSA) is 419 Å². The number of Topliss-reactive ketones (excluding diaryl/α,β-unsaturated/α-hetero) is 2. The third kappa shape index (κ3) is 20.4. The molecule has 4 saturated carbocycles. The van der Waals surface area contributed by atoms with Crippen molar-refractivity contribution in [3.05, 3.63) is 200 Å². The molecule has 9 aliphatic rings. The molecule has 0 radical (unpaired) electrons. The predicted octanol–water partition coefficient (Wildman–Crippen LogP) is 15.5. The van der Waals surface area contributed by atoms with Crippen molar-refractivity contribution in [3.63, 3.8) is 0 Å². The van der Waals surface area contributed by atoms with Gasteiger partial charge in [-0.05, 0) is 196 Å². The lowest BCUT2D eigenvalue weighted by molar-refractivity contribution is -0.344. The van der Waals surface area contributed by atoms with E-state index in [0.717, 1.165) is 15.3 Å². The molecule has 3 amide bonds. The summed E-state index contributed by atoms with van der Waals surface area (Å²) in [5, 5.41) is 47.7. The molecule has 142 heavy (non-hydrogen) atoms. The summed E-state index contributed by atoms with van der Waals surface area (Å²) in [6, 6.07) is 41.8. The number of hydrogen-bond acceptors (Lipinski definition) is 32. The van der Waals surface area contributed by atoms with Crippen LogP contribution >= 0.6 is 22.7 Å². The Kier molecular flexibility index (Phi) is 31.4. The maximum absolute atomic E-state index is 16.5. The number of ether oxygens (including phenoxy) is 13. The van der Waals surface area contributed by atoms with Crippen LogP contribution in [0.5, 0.6) is 0 Å². The van der Waals surface area contributed by atoms with Gasteiger partial charge in [0.05, 0.1) is 102 Å². The van der Waals surface area contributed by atoms with Gasteiger partial charge in [-0.2, -0.15) is 0 Å². The summed E-state index contributed by atoms with van der Waals surface area (Å²) in [7, 11) is -5.88. The second kappa shape index (κ2) is 41.1. The molecule has 36 heteroatoms. The Morgan fingerprint density at radius 3 is 1.33 bits per heavy atom. The fraction of sp³-hybridized carbons (Fsp3) is 0.547. The smallest absolute Gasteiger partial charge is 0.457 e. The number of thiophene rings is 2. The molecule has 3 saturated heterocycles. The minimum atomic E-state index is -3.01. The number of likely N-dealkylation sites (tertiary alicyclic amines) is 1. The Hall–Kier alpha value is -10.6. The van der Waals surface area contributed by atoms with E-state index in [2.05, 4.69) is 5.32 Å². The zero-order valence-electron chi connectivity index (χ0n) is 85.0. The number of rotatable bonds is 22. The molecule has 4 N–H and O–H groups in total. The van der Waals surface area contributed by atoms with Gasteiger partial charge in [0.25, 0.3) is 0 Å². The second-order valence-electron chi connectivity index (χ2n) is 42.6. The van der Waals surface area contributed by atoms with E-state index in [1.165, 1.54) is 30.1 Å². The molecule has 6 aromatic rings. The molecule has 2 aromatic heterocycles. The average Bonchev–Trinajstić information content (AvgIpc) is 0.736. The first kappa shape index (κ1) is 109. The van der Waals surface area contributed by atoms with Gasteiger partial charge in [-0.25, -0.2) is 33.7 Å². The zero-order chi connectivity index (χ0) is 104. The first-order valence-electron chi connectivity index (χ1n) is 48.1. The van der Waals surface area contributed by atoms with Gasteiger partial charge >= 0.3 is 54.3 Å². The lowest BCUT2D eigenvalue weighted by atomic mass is 9.44. The van der Waals surface area contributed by atoms with Crippen LogP contribution in [-0.2, 0) is 99.2 Å². The summed E-state index contributed by atoms with van der Waals surface area (Å²) in [5.74, 6) is -9.42. The summed E-state index contributed by atoms with van der Waals surface area (Å²) >= 11 is 2.86. The van der Waals surface area contributed by atoms with Crippen LogP contribution in [0, 0.1) is 45.3 Å². The Morgan fingerprint density at radius 1 is 0.542 bits per heavy atom. The number of amides is 3. The number of β-lactam (4-membered cyclic amide) rings is 1. The molecule has 768 valence electrons. The molecule has 22 atom stereocenters. The normalized spacial score (nSPS) is 30.8. The van der Waals surface area contributed by atoms with Gasteiger partial charge in [-0.1, -0.05) is 144 Å². The van der Waals surface area contributed by atoms with Gasteiger partial charge in [0.15, 0.2) is 35.0 Å². The summed E-state index contributed by atoms with van der Waals surface area (Å²) < 4.78 is 92.5. The van der Waals surface area contributed by atoms with Crippen LogP contribution in [0.4, 0.5) is 19.2 Å². The van der Waals surface area contributed by atoms with Gasteiger partial charge in [-0.15, -0.1) is 22.7 Å². The standard InChI is InChI=1S/C53H67NO15SSi.C40H50O12Si.C13H17NO3S/c1-13-62-48(60)65-41-39-30(2)35(64-45(57)31(3)40(36-25-20-26-70-36)54-47(59)68-49(5,6)7)28-53(61,50(39,8)9)44(66-46(58)33-21-16-14-17-22-33)42-51(10,43(41)56)37(27-38-52(42,29-63-38)67-32(4)55)69-71(11,12)34-23-18-15-19-24-34;1-9-47-36(45)49-31-30-23(2)27(42)21-40(46,37(30,4)5)34(50-35(44)25-16-12-10-13-17-25)32-38(6,33(31)43)28(20-29-39(32,22-48-29)51-24(3)41)52-53(7,8)26-18-14-11-15-19-26;1-8-10(9-6-5-7-18-9)14(11(8)15)12(16)17-13(2,3)4/h14-26,31,35,37-38,40-42,44,61H,13,27-29H2,1-12H3,(H,54,59);10-19,27-29,31-32,34,42,46H,9,20-22H2,1-8H3;5-8,10H,1-4H3/t31-,35+,37+,38-,40-,41-,42?,44+,51-,52+,53-;27-,28-,29+,31+,32?,34-,38+,39-,40+;8-,10-/m101/s1. The van der Waals surface area contributed by atoms with E-state index in [-0.39, 0.29) is 91.4 Å². The maximum Gasteiger partial charge on any atom is 0.509 e. The van der Waals surface area contributed by atoms with Crippen LogP contribution in [-0.4, -0.2) is 230 Å². The first-order valence-corrected chi connectivity index (χ1v) is 55.7. The molecule has 6 aliphatic carbocycles. The fourth-order valence-electron chi connectivity index (χ4n) is 22.6. The summed E-state index contributed by atoms with van der Waals surface area (Å²) in [5.41, 5.74) is -15.0. The number of carbonyl (C=O) groups is 12. The molecule has 4 bridgehead atoms. The predicted molar refractivity (Wildman–Crippen MR) is 526 cm³/mol. The number of esters is 5. The second-order valence-corrected chi connectivity index (χ2v) is 52.3. The van der Waals surface area contributed by atoms with E-state index in [1.54, 1.807) is 207 Å². The van der Waals surface area contributed by atoms with Crippen molar-refractivity contribution in [3.8, 4) is 0 Å². The van der Waals surface area contributed by atoms with Crippen molar-refractivity contribution in [2.45, 2.75) is 297 Å². The zero-order valence-corrected chi connectivity index (χ0v) is 88.7. The van der Waals surface area contributed by atoms with Gasteiger partial charge in [0.1, 0.15) is 52.9 Å². The van der Waals surface area contributed by atoms with Crippen molar-refractivity contribution in [2.75, 3.05) is 26.4 Å². The Balaban J connectivity index is 0.000000208. The van der Waals surface area contributed by atoms with Crippen LogP contribution in [0.15, 0.2) is 179 Å². The maximum atomic E-state index is 16.5. The van der Waals surface area contributed by atoms with Crippen molar-refractivity contribution in [1.82, 2.24) is 10.2 Å². The highest BCUT2D eigenvalue weighted by atomic mass is 32.1. The summed E-state index contributed by atoms with van der Waals surface area (Å²) in [4.78, 5) is 170. The molecule has 2 unspecified atom stereocenters. The SMILES string of the molecule is CCOC(=O)O[C@H]1C(=O)[C@@]2(C)C([C@H](OC(=O)c3ccccc3)[C@]3(O)C[C@H](O)C(C)=C1C3(C)C)[C@]1(OC(C)=O)CO[C@@H]1C[C@@H]2O[Si](C)(C)c1ccccc1.CCOC(=O)O[C@H]1C(=O)[C@@]2(C)C([C@H](OC(=O)c3ccccc3)[C@]3(O)C[C@H](OC(=O)[C@H](C)[C@@H](NC(=O)OC(C)(C)C)c4cccs4)C(C)=C1C3(C)C)[C@]1(OC(C)=O)CO[C@@H]1C[C@@H]2O[Si](C)(C)c1ccccc1.C[C@H]1C(=O)N(C(=O)OC(C)(C)C)[C@H]1c1cccs1. The number of aliphatic hydroxyl groups is 3. The number of alkyl carbamates (subject to hydrolysis) is 1. The molecule has 7 fully saturated rings. The third-order valence-corrected chi connectivity index (χ3v) is 37.1. The Bertz CT molecular complexity index is 5770. The van der Waals surface area contributed by atoms with Crippen LogP contribution < -0.4 is 15.7 Å². The van der Waals surface area contributed by atoms with Crippen LogP contribution in [0.3, 0.4) is 0 Å². The van der Waals surface area contributed by atoms with Gasteiger partial charge in [0.2, 0.25) is 22.5 Å². The lowest BCUT2D eigenvalue weighted by Gasteiger charge is -2.68. The Morgan fingerprint density at radius 2 is 0.951 bits per heavy atom. The highest BCUT2D eigenvalue weighted by Crippen LogP contribution is 2.68. The number of nitrogens with zero attached hydrogens (tertiary/aromatic N) is 1. The van der Waals surface area contributed by atoms with Crippen molar-refractivity contribution >= 4 is 121 Å². The van der Waals surface area contributed by atoms with Gasteiger partial charge < -0.3 is 91.1 Å². The lowest BCUT2D eigenvalue weighted by Crippen LogP contribution is -2.82. The number of hydrogen-bond donors (Lipinski definition) is 4. The minimum absolute atomic E-state index is 0.0154. The van der Waals surface area contributed by atoms with Crippen LogP contribution in [0.25, 0.3) is 0 Å². The van der Waals surface area contributed by atoms with Gasteiger partial charge in [0, 0.05) is 60.1 Å². The number of imide groups is 1. The van der Waals surface area contributed by atoms with E-state index >= 15 is 9.59 Å². The first-order chi connectivity index (χ1) is 66.4. The molecule has 5 heterocycles. The monoisotopic (exact) mass is 2030 g/mol. The number of fused-ring (bicyclic) bond motifs is 10. The molecule has 32 nitrogen and oxygen atoms in total. The quantitative estimate of drug-likeness (QED) is 0.0161. The molecule has 15 rings (SSSR count). The van der Waals surface area contributed by atoms with Crippen molar-refractivity contribution < 1.29 is 143 Å². The van der Waals surface area contributed by atoms with E-state index in [1.807, 2.05) is 111 Å². The largest absolute Gasteiger partial charge is 0.509 e. The third-order valence-electron chi connectivity index (χ3n) is 30.0. The Labute approximate surface area is 838 Å².